The molecule has 138 valence electrons. The van der Waals surface area contributed by atoms with Crippen LogP contribution < -0.4 is 0 Å². The fourth-order valence-corrected chi connectivity index (χ4v) is 5.88. The summed E-state index contributed by atoms with van der Waals surface area (Å²) in [5.74, 6) is 0.0244. The molecule has 2 aliphatic rings. The molecule has 4 nitrogen and oxygen atoms in total. The van der Waals surface area contributed by atoms with Crippen molar-refractivity contribution in [2.24, 2.45) is 0 Å². The fraction of sp³-hybridized carbons (Fsp3) is 0.650. The van der Waals surface area contributed by atoms with Crippen molar-refractivity contribution in [2.45, 2.75) is 69.1 Å². The maximum Gasteiger partial charge on any atom is 0.227 e. The zero-order chi connectivity index (χ0) is 18.0. The molecule has 3 rings (SSSR count). The van der Waals surface area contributed by atoms with E-state index in [9.17, 15) is 13.2 Å². The van der Waals surface area contributed by atoms with Crippen molar-refractivity contribution >= 4 is 15.7 Å². The van der Waals surface area contributed by atoms with Gasteiger partial charge in [0.2, 0.25) is 5.91 Å². The Bertz CT molecular complexity index is 741. The molecule has 1 amide bonds. The van der Waals surface area contributed by atoms with Crippen LogP contribution >= 0.6 is 0 Å². The van der Waals surface area contributed by atoms with E-state index in [-0.39, 0.29) is 11.9 Å². The molecule has 2 aliphatic carbocycles. The van der Waals surface area contributed by atoms with Crippen molar-refractivity contribution in [3.63, 3.8) is 0 Å². The van der Waals surface area contributed by atoms with Crippen LogP contribution in [0.15, 0.2) is 18.2 Å². The Morgan fingerprint density at radius 2 is 1.76 bits per heavy atom. The Morgan fingerprint density at radius 3 is 2.48 bits per heavy atom. The lowest BCUT2D eigenvalue weighted by molar-refractivity contribution is -0.131. The zero-order valence-corrected chi connectivity index (χ0v) is 16.1. The van der Waals surface area contributed by atoms with Gasteiger partial charge in [0.05, 0.1) is 11.7 Å². The van der Waals surface area contributed by atoms with Gasteiger partial charge in [-0.05, 0) is 55.2 Å². The molecule has 0 saturated heterocycles. The van der Waals surface area contributed by atoms with E-state index >= 15 is 0 Å². The molecule has 1 aromatic rings. The fourth-order valence-electron chi connectivity index (χ4n) is 4.40. The normalized spacial score (nSPS) is 23.8. The minimum absolute atomic E-state index is 0.0244. The summed E-state index contributed by atoms with van der Waals surface area (Å²) in [6.45, 7) is 0. The Hall–Kier alpha value is -1.36. The molecule has 25 heavy (non-hydrogen) atoms. The Kier molecular flexibility index (Phi) is 5.52. The molecule has 0 spiro atoms. The summed E-state index contributed by atoms with van der Waals surface area (Å²) in [6.07, 6.45) is 9.76. The molecule has 1 aromatic carbocycles. The quantitative estimate of drug-likeness (QED) is 0.826. The summed E-state index contributed by atoms with van der Waals surface area (Å²) in [5.41, 5.74) is 3.84. The molecule has 0 aliphatic heterocycles. The SMILES string of the molecule is CN(C(=O)Cc1ccc2c(c1)CCCC2)C1CCCCC1S(C)(=O)=O. The Morgan fingerprint density at radius 1 is 1.08 bits per heavy atom. The number of hydrogen-bond acceptors (Lipinski definition) is 3. The van der Waals surface area contributed by atoms with Gasteiger partial charge in [0.25, 0.3) is 0 Å². The summed E-state index contributed by atoms with van der Waals surface area (Å²) >= 11 is 0. The second-order valence-electron chi connectivity index (χ2n) is 7.71. The Labute approximate surface area is 151 Å². The van der Waals surface area contributed by atoms with E-state index in [0.717, 1.165) is 37.7 Å². The second kappa shape index (κ2) is 7.48. The minimum atomic E-state index is -3.13. The van der Waals surface area contributed by atoms with Gasteiger partial charge < -0.3 is 4.90 Å². The summed E-state index contributed by atoms with van der Waals surface area (Å²) in [5, 5.41) is -0.418. The van der Waals surface area contributed by atoms with Gasteiger partial charge in [0.15, 0.2) is 9.84 Å². The van der Waals surface area contributed by atoms with Gasteiger partial charge in [0, 0.05) is 19.3 Å². The number of likely N-dealkylation sites (N-methyl/N-ethyl adjacent to an activating group) is 1. The molecule has 5 heteroatoms. The third-order valence-corrected chi connectivity index (χ3v) is 7.53. The van der Waals surface area contributed by atoms with E-state index in [4.69, 9.17) is 0 Å². The molecular weight excluding hydrogens is 334 g/mol. The van der Waals surface area contributed by atoms with Crippen LogP contribution in [0.4, 0.5) is 0 Å². The molecule has 0 radical (unpaired) electrons. The number of amides is 1. The molecule has 0 bridgehead atoms. The van der Waals surface area contributed by atoms with E-state index in [0.29, 0.717) is 12.8 Å². The first kappa shape index (κ1) is 18.4. The van der Waals surface area contributed by atoms with Crippen LogP contribution in [0.2, 0.25) is 0 Å². The number of sulfone groups is 1. The molecular formula is C20H29NO3S. The van der Waals surface area contributed by atoms with Crippen LogP contribution in [0.3, 0.4) is 0 Å². The molecule has 0 heterocycles. The van der Waals surface area contributed by atoms with Crippen LogP contribution in [-0.4, -0.2) is 43.8 Å². The highest BCUT2D eigenvalue weighted by molar-refractivity contribution is 7.91. The number of aryl methyl sites for hydroxylation is 2. The Balaban J connectivity index is 1.71. The highest BCUT2D eigenvalue weighted by Crippen LogP contribution is 2.28. The van der Waals surface area contributed by atoms with Crippen LogP contribution in [-0.2, 0) is 33.9 Å². The number of benzene rings is 1. The van der Waals surface area contributed by atoms with E-state index in [1.165, 1.54) is 30.2 Å². The maximum absolute atomic E-state index is 12.8. The average Bonchev–Trinajstić information content (AvgIpc) is 2.60. The van der Waals surface area contributed by atoms with Gasteiger partial charge in [-0.3, -0.25) is 4.79 Å². The highest BCUT2D eigenvalue weighted by Gasteiger charge is 2.36. The molecule has 0 aromatic heterocycles. The summed E-state index contributed by atoms with van der Waals surface area (Å²) in [6, 6.07) is 6.21. The molecule has 1 saturated carbocycles. The third-order valence-electron chi connectivity index (χ3n) is 5.88. The molecule has 0 N–H and O–H groups in total. The van der Waals surface area contributed by atoms with Crippen LogP contribution in [0.25, 0.3) is 0 Å². The van der Waals surface area contributed by atoms with Crippen LogP contribution in [0.1, 0.15) is 55.2 Å². The lowest BCUT2D eigenvalue weighted by atomic mass is 9.89. The van der Waals surface area contributed by atoms with Gasteiger partial charge in [-0.2, -0.15) is 0 Å². The van der Waals surface area contributed by atoms with Crippen molar-refractivity contribution < 1.29 is 13.2 Å². The second-order valence-corrected chi connectivity index (χ2v) is 9.98. The summed E-state index contributed by atoms with van der Waals surface area (Å²) in [4.78, 5) is 14.5. The number of hydrogen-bond donors (Lipinski definition) is 0. The van der Waals surface area contributed by atoms with E-state index in [1.807, 2.05) is 0 Å². The van der Waals surface area contributed by atoms with Crippen LogP contribution in [0.5, 0.6) is 0 Å². The number of nitrogens with zero attached hydrogens (tertiary/aromatic N) is 1. The maximum atomic E-state index is 12.8. The number of fused-ring (bicyclic) bond motifs is 1. The first-order chi connectivity index (χ1) is 11.9. The predicted octanol–water partition coefficient (Wildman–Crippen LogP) is 2.92. The van der Waals surface area contributed by atoms with Crippen LogP contribution in [0, 0.1) is 0 Å². The largest absolute Gasteiger partial charge is 0.341 e. The number of rotatable bonds is 4. The van der Waals surface area contributed by atoms with Gasteiger partial charge in [-0.25, -0.2) is 8.42 Å². The first-order valence-corrected chi connectivity index (χ1v) is 11.4. The molecule has 2 unspecified atom stereocenters. The van der Waals surface area contributed by atoms with E-state index in [2.05, 4.69) is 18.2 Å². The van der Waals surface area contributed by atoms with Gasteiger partial charge in [0.1, 0.15) is 0 Å². The van der Waals surface area contributed by atoms with Crippen molar-refractivity contribution in [3.05, 3.63) is 34.9 Å². The number of carbonyl (C=O) groups is 1. The molecule has 1 fully saturated rings. The minimum Gasteiger partial charge on any atom is -0.341 e. The monoisotopic (exact) mass is 363 g/mol. The lowest BCUT2D eigenvalue weighted by Gasteiger charge is -2.37. The standard InChI is InChI=1S/C20H29NO3S/c1-21(18-9-5-6-10-19(18)25(2,23)24)20(22)14-15-11-12-16-7-3-4-8-17(16)13-15/h11-13,18-19H,3-10,14H2,1-2H3. The van der Waals surface area contributed by atoms with Gasteiger partial charge in [-0.1, -0.05) is 31.0 Å². The predicted molar refractivity (Wildman–Crippen MR) is 100 cm³/mol. The summed E-state index contributed by atoms with van der Waals surface area (Å²) in [7, 11) is -1.36. The zero-order valence-electron chi connectivity index (χ0n) is 15.3. The summed E-state index contributed by atoms with van der Waals surface area (Å²) < 4.78 is 24.2. The van der Waals surface area contributed by atoms with Crippen molar-refractivity contribution in [1.29, 1.82) is 0 Å². The van der Waals surface area contributed by atoms with E-state index in [1.54, 1.807) is 11.9 Å². The topological polar surface area (TPSA) is 54.5 Å². The van der Waals surface area contributed by atoms with Crippen molar-refractivity contribution in [1.82, 2.24) is 4.90 Å². The van der Waals surface area contributed by atoms with Crippen molar-refractivity contribution in [3.8, 4) is 0 Å². The molecule has 2 atom stereocenters. The first-order valence-electron chi connectivity index (χ1n) is 9.41. The average molecular weight is 364 g/mol. The smallest absolute Gasteiger partial charge is 0.227 e. The highest BCUT2D eigenvalue weighted by atomic mass is 32.2. The van der Waals surface area contributed by atoms with Gasteiger partial charge >= 0.3 is 0 Å². The lowest BCUT2D eigenvalue weighted by Crippen LogP contribution is -2.49. The number of carbonyl (C=O) groups excluding carboxylic acids is 1. The van der Waals surface area contributed by atoms with Gasteiger partial charge in [-0.15, -0.1) is 0 Å². The van der Waals surface area contributed by atoms with Crippen molar-refractivity contribution in [2.75, 3.05) is 13.3 Å². The van der Waals surface area contributed by atoms with E-state index < -0.39 is 15.1 Å². The third kappa shape index (κ3) is 4.25.